The molecule has 0 saturated heterocycles. The maximum atomic E-state index is 13.4. The van der Waals surface area contributed by atoms with E-state index >= 15 is 0 Å². The highest BCUT2D eigenvalue weighted by Crippen LogP contribution is 2.39. The molecular weight excluding hydrogens is 225 g/mol. The van der Waals surface area contributed by atoms with Crippen LogP contribution in [0.4, 0.5) is 10.1 Å². The van der Waals surface area contributed by atoms with E-state index in [0.717, 1.165) is 5.56 Å². The molecule has 0 aliphatic heterocycles. The van der Waals surface area contributed by atoms with Crippen molar-refractivity contribution in [1.29, 1.82) is 0 Å². The van der Waals surface area contributed by atoms with Crippen LogP contribution in [-0.4, -0.2) is 17.0 Å². The van der Waals surface area contributed by atoms with Gasteiger partial charge in [-0.2, -0.15) is 0 Å². The normalized spacial score (nSPS) is 22.0. The summed E-state index contributed by atoms with van der Waals surface area (Å²) in [6, 6.07) is 4.47. The van der Waals surface area contributed by atoms with Crippen molar-refractivity contribution in [3.63, 3.8) is 0 Å². The van der Waals surface area contributed by atoms with Crippen molar-refractivity contribution in [2.45, 2.75) is 13.3 Å². The smallest absolute Gasteiger partial charge is 0.307 e. The predicted octanol–water partition coefficient (Wildman–Crippen LogP) is 1.79. The van der Waals surface area contributed by atoms with Gasteiger partial charge in [-0.15, -0.1) is 0 Å². The Morgan fingerprint density at radius 3 is 2.65 bits per heavy atom. The minimum atomic E-state index is -0.977. The van der Waals surface area contributed by atoms with E-state index in [2.05, 4.69) is 5.32 Å². The van der Waals surface area contributed by atoms with Crippen LogP contribution in [0.15, 0.2) is 18.2 Å². The molecule has 0 aromatic heterocycles. The van der Waals surface area contributed by atoms with Gasteiger partial charge in [0.1, 0.15) is 5.82 Å². The number of carboxylic acids is 1. The van der Waals surface area contributed by atoms with Gasteiger partial charge in [0.05, 0.1) is 17.5 Å². The van der Waals surface area contributed by atoms with Gasteiger partial charge in [0.25, 0.3) is 0 Å². The molecule has 2 unspecified atom stereocenters. The van der Waals surface area contributed by atoms with Gasteiger partial charge in [-0.1, -0.05) is 6.07 Å². The van der Waals surface area contributed by atoms with Gasteiger partial charge in [-0.05, 0) is 31.0 Å². The van der Waals surface area contributed by atoms with E-state index < -0.39 is 29.5 Å². The van der Waals surface area contributed by atoms with Gasteiger partial charge in [-0.3, -0.25) is 9.59 Å². The standard InChI is InChI=1S/C12H12FNO3/c1-6-2-3-10(9(13)4-6)14-11(15)7-5-8(7)12(16)17/h2-4,7-8H,5H2,1H3,(H,14,15)(H,16,17). The van der Waals surface area contributed by atoms with Crippen LogP contribution in [0.2, 0.25) is 0 Å². The number of carbonyl (C=O) groups excluding carboxylic acids is 1. The molecule has 5 heteroatoms. The fourth-order valence-electron chi connectivity index (χ4n) is 1.70. The SMILES string of the molecule is Cc1ccc(NC(=O)C2CC2C(=O)O)c(F)c1. The number of amides is 1. The lowest BCUT2D eigenvalue weighted by atomic mass is 10.2. The lowest BCUT2D eigenvalue weighted by molar-refractivity contribution is -0.139. The summed E-state index contributed by atoms with van der Waals surface area (Å²) in [4.78, 5) is 22.2. The van der Waals surface area contributed by atoms with Gasteiger partial charge < -0.3 is 10.4 Å². The molecule has 2 N–H and O–H groups in total. The Morgan fingerprint density at radius 2 is 2.12 bits per heavy atom. The van der Waals surface area contributed by atoms with Gasteiger partial charge in [-0.25, -0.2) is 4.39 Å². The summed E-state index contributed by atoms with van der Waals surface area (Å²) in [5, 5.41) is 11.1. The highest BCUT2D eigenvalue weighted by molar-refractivity contribution is 5.98. The third-order valence-electron chi connectivity index (χ3n) is 2.83. The number of hydrogen-bond donors (Lipinski definition) is 2. The zero-order valence-corrected chi connectivity index (χ0v) is 9.24. The minimum absolute atomic E-state index is 0.0941. The monoisotopic (exact) mass is 237 g/mol. The van der Waals surface area contributed by atoms with E-state index in [4.69, 9.17) is 5.11 Å². The molecule has 90 valence electrons. The number of rotatable bonds is 3. The molecule has 1 aliphatic rings. The second-order valence-electron chi connectivity index (χ2n) is 4.26. The van der Waals surface area contributed by atoms with Crippen molar-refractivity contribution in [2.24, 2.45) is 11.8 Å². The predicted molar refractivity (Wildman–Crippen MR) is 59.0 cm³/mol. The summed E-state index contributed by atoms with van der Waals surface area (Å²) in [6.07, 6.45) is 0.328. The van der Waals surface area contributed by atoms with E-state index in [1.807, 2.05) is 0 Å². The van der Waals surface area contributed by atoms with Crippen LogP contribution >= 0.6 is 0 Å². The summed E-state index contributed by atoms with van der Waals surface area (Å²) in [6.45, 7) is 1.75. The Bertz CT molecular complexity index is 487. The first-order valence-corrected chi connectivity index (χ1v) is 5.29. The van der Waals surface area contributed by atoms with Crippen LogP contribution in [0, 0.1) is 24.6 Å². The molecule has 1 aliphatic carbocycles. The summed E-state index contributed by atoms with van der Waals surface area (Å²) in [5.74, 6) is -3.07. The van der Waals surface area contributed by atoms with Crippen molar-refractivity contribution in [1.82, 2.24) is 0 Å². The first-order chi connectivity index (χ1) is 7.99. The molecule has 0 radical (unpaired) electrons. The van der Waals surface area contributed by atoms with Crippen molar-refractivity contribution in [3.05, 3.63) is 29.6 Å². The Labute approximate surface area is 97.4 Å². The molecule has 17 heavy (non-hydrogen) atoms. The maximum absolute atomic E-state index is 13.4. The van der Waals surface area contributed by atoms with Crippen molar-refractivity contribution in [3.8, 4) is 0 Å². The number of carbonyl (C=O) groups is 2. The molecule has 1 aromatic carbocycles. The van der Waals surface area contributed by atoms with Crippen LogP contribution in [0.5, 0.6) is 0 Å². The lowest BCUT2D eigenvalue weighted by Gasteiger charge is -2.06. The summed E-state index contributed by atoms with van der Waals surface area (Å²) < 4.78 is 13.4. The Balaban J connectivity index is 2.02. The average molecular weight is 237 g/mol. The Hall–Kier alpha value is -1.91. The third-order valence-corrected chi connectivity index (χ3v) is 2.83. The molecule has 4 nitrogen and oxygen atoms in total. The van der Waals surface area contributed by atoms with E-state index in [-0.39, 0.29) is 5.69 Å². The van der Waals surface area contributed by atoms with Gasteiger partial charge in [0.15, 0.2) is 0 Å². The largest absolute Gasteiger partial charge is 0.481 e. The van der Waals surface area contributed by atoms with Crippen molar-refractivity contribution in [2.75, 3.05) is 5.32 Å². The third kappa shape index (κ3) is 2.43. The molecule has 2 rings (SSSR count). The summed E-state index contributed by atoms with van der Waals surface area (Å²) in [7, 11) is 0. The molecule has 1 aromatic rings. The van der Waals surface area contributed by atoms with Crippen LogP contribution < -0.4 is 5.32 Å². The topological polar surface area (TPSA) is 66.4 Å². The minimum Gasteiger partial charge on any atom is -0.481 e. The van der Waals surface area contributed by atoms with Crippen LogP contribution in [0.25, 0.3) is 0 Å². The molecular formula is C12H12FNO3. The van der Waals surface area contributed by atoms with Crippen LogP contribution in [0.1, 0.15) is 12.0 Å². The summed E-state index contributed by atoms with van der Waals surface area (Å²) >= 11 is 0. The number of anilines is 1. The molecule has 2 atom stereocenters. The molecule has 0 bridgehead atoms. The zero-order valence-electron chi connectivity index (χ0n) is 9.24. The highest BCUT2D eigenvalue weighted by Gasteiger charge is 2.48. The van der Waals surface area contributed by atoms with Crippen LogP contribution in [0.3, 0.4) is 0 Å². The summed E-state index contributed by atoms with van der Waals surface area (Å²) in [5.41, 5.74) is 0.854. The first-order valence-electron chi connectivity index (χ1n) is 5.29. The number of hydrogen-bond acceptors (Lipinski definition) is 2. The van der Waals surface area contributed by atoms with E-state index in [1.165, 1.54) is 12.1 Å². The number of aryl methyl sites for hydroxylation is 1. The first kappa shape index (κ1) is 11.6. The second kappa shape index (κ2) is 4.16. The van der Waals surface area contributed by atoms with Gasteiger partial charge in [0, 0.05) is 0 Å². The van der Waals surface area contributed by atoms with Crippen molar-refractivity contribution < 1.29 is 19.1 Å². The molecule has 1 amide bonds. The maximum Gasteiger partial charge on any atom is 0.307 e. The number of carboxylic acid groups (broad SMARTS) is 1. The number of aliphatic carboxylic acids is 1. The number of nitrogens with one attached hydrogen (secondary N) is 1. The molecule has 1 saturated carbocycles. The highest BCUT2D eigenvalue weighted by atomic mass is 19.1. The quantitative estimate of drug-likeness (QED) is 0.842. The Kier molecular flexibility index (Phi) is 2.83. The average Bonchev–Trinajstić information content (AvgIpc) is 3.01. The lowest BCUT2D eigenvalue weighted by Crippen LogP contribution is -2.17. The zero-order chi connectivity index (χ0) is 12.6. The van der Waals surface area contributed by atoms with E-state index in [1.54, 1.807) is 13.0 Å². The fourth-order valence-corrected chi connectivity index (χ4v) is 1.70. The van der Waals surface area contributed by atoms with E-state index in [0.29, 0.717) is 6.42 Å². The molecule has 0 spiro atoms. The number of benzene rings is 1. The number of halogens is 1. The second-order valence-corrected chi connectivity index (χ2v) is 4.26. The fraction of sp³-hybridized carbons (Fsp3) is 0.333. The van der Waals surface area contributed by atoms with Crippen LogP contribution in [-0.2, 0) is 9.59 Å². The Morgan fingerprint density at radius 1 is 1.41 bits per heavy atom. The van der Waals surface area contributed by atoms with Gasteiger partial charge in [0.2, 0.25) is 5.91 Å². The molecule has 1 fully saturated rings. The molecule has 0 heterocycles. The van der Waals surface area contributed by atoms with Crippen molar-refractivity contribution >= 4 is 17.6 Å². The van der Waals surface area contributed by atoms with E-state index in [9.17, 15) is 14.0 Å². The van der Waals surface area contributed by atoms with Gasteiger partial charge >= 0.3 is 5.97 Å².